The first kappa shape index (κ1) is 27.7. The highest BCUT2D eigenvalue weighted by atomic mass is 35.5. The van der Waals surface area contributed by atoms with Crippen LogP contribution in [0.25, 0.3) is 10.9 Å². The van der Waals surface area contributed by atoms with Gasteiger partial charge in [-0.15, -0.1) is 0 Å². The lowest BCUT2D eigenvalue weighted by molar-refractivity contribution is -0.114. The third-order valence-electron chi connectivity index (χ3n) is 5.80. The quantitative estimate of drug-likeness (QED) is 0.392. The van der Waals surface area contributed by atoms with Crippen molar-refractivity contribution in [2.45, 2.75) is 19.4 Å². The molecule has 192 valence electrons. The molecule has 0 fully saturated rings. The number of sulfonamides is 1. The summed E-state index contributed by atoms with van der Waals surface area (Å²) in [5, 5.41) is 13.4. The monoisotopic (exact) mass is 553 g/mol. The average molecular weight is 554 g/mol. The number of aryl methyl sites for hydroxylation is 1. The number of nitrogens with zero attached hydrogens (tertiary/aromatic N) is 2. The predicted octanol–water partition coefficient (Wildman–Crippen LogP) is 3.90. The number of aromatic carboxylic acids is 1. The fourth-order valence-electron chi connectivity index (χ4n) is 3.80. The number of rotatable bonds is 10. The van der Waals surface area contributed by atoms with Crippen molar-refractivity contribution in [1.82, 2.24) is 14.2 Å². The lowest BCUT2D eigenvalue weighted by atomic mass is 10.0. The molecule has 1 heterocycles. The number of halogens is 2. The number of ketones is 1. The van der Waals surface area contributed by atoms with Gasteiger partial charge in [0.05, 0.1) is 21.7 Å². The molecule has 2 N–H and O–H groups in total. The van der Waals surface area contributed by atoms with Crippen molar-refractivity contribution >= 4 is 61.8 Å². The summed E-state index contributed by atoms with van der Waals surface area (Å²) in [6.45, 7) is 1.21. The molecule has 0 aliphatic carbocycles. The molecular weight excluding hydrogens is 529 g/mol. The number of Topliss-reactive ketones (excluding diaryl/α,β-unsaturated/α-hetero) is 1. The summed E-state index contributed by atoms with van der Waals surface area (Å²) >= 11 is 12.4. The first-order valence-electron chi connectivity index (χ1n) is 10.8. The van der Waals surface area contributed by atoms with Gasteiger partial charge in [-0.2, -0.15) is 0 Å². The van der Waals surface area contributed by atoms with Gasteiger partial charge in [0.2, 0.25) is 10.0 Å². The van der Waals surface area contributed by atoms with E-state index in [4.69, 9.17) is 23.2 Å². The minimum Gasteiger partial charge on any atom is -0.478 e. The second-order valence-electron chi connectivity index (χ2n) is 8.40. The second-order valence-corrected chi connectivity index (χ2v) is 11.3. The SMILES string of the molecule is CC(=O)CS(=O)(=O)N(C)CCC(NC(=O)c1cc2c(Cl)c(Cl)ccc2n1C)c1ccc(C(=O)O)cc1. The van der Waals surface area contributed by atoms with Gasteiger partial charge in [0.1, 0.15) is 17.2 Å². The third-order valence-corrected chi connectivity index (χ3v) is 8.53. The summed E-state index contributed by atoms with van der Waals surface area (Å²) in [6.07, 6.45) is 0.169. The van der Waals surface area contributed by atoms with Crippen molar-refractivity contribution in [2.24, 2.45) is 7.05 Å². The molecule has 2 aromatic carbocycles. The molecule has 9 nitrogen and oxygen atoms in total. The number of hydrogen-bond donors (Lipinski definition) is 2. The zero-order chi connectivity index (χ0) is 26.8. The molecule has 0 spiro atoms. The first-order valence-corrected chi connectivity index (χ1v) is 13.2. The van der Waals surface area contributed by atoms with E-state index < -0.39 is 39.5 Å². The highest BCUT2D eigenvalue weighted by Crippen LogP contribution is 2.32. The Bertz CT molecular complexity index is 1430. The number of amides is 1. The van der Waals surface area contributed by atoms with E-state index >= 15 is 0 Å². The number of benzene rings is 2. The molecule has 0 saturated heterocycles. The first-order chi connectivity index (χ1) is 16.8. The van der Waals surface area contributed by atoms with Crippen LogP contribution in [-0.4, -0.2) is 59.4 Å². The van der Waals surface area contributed by atoms with Gasteiger partial charge in [-0.05, 0) is 49.2 Å². The maximum atomic E-state index is 13.3. The van der Waals surface area contributed by atoms with Gasteiger partial charge in [0.25, 0.3) is 5.91 Å². The molecule has 0 saturated carbocycles. The van der Waals surface area contributed by atoms with Crippen molar-refractivity contribution in [3.63, 3.8) is 0 Å². The van der Waals surface area contributed by atoms with Gasteiger partial charge in [-0.25, -0.2) is 17.5 Å². The summed E-state index contributed by atoms with van der Waals surface area (Å²) in [5.74, 6) is -2.64. The normalized spacial score (nSPS) is 12.6. The Kier molecular flexibility index (Phi) is 8.45. The van der Waals surface area contributed by atoms with E-state index in [2.05, 4.69) is 5.32 Å². The highest BCUT2D eigenvalue weighted by Gasteiger charge is 2.24. The molecule has 3 rings (SSSR count). The van der Waals surface area contributed by atoms with Crippen LogP contribution in [0.15, 0.2) is 42.5 Å². The molecule has 36 heavy (non-hydrogen) atoms. The number of carboxylic acid groups (broad SMARTS) is 1. The largest absolute Gasteiger partial charge is 0.478 e. The minimum atomic E-state index is -3.81. The number of carbonyl (C=O) groups is 3. The number of hydrogen-bond acceptors (Lipinski definition) is 5. The van der Waals surface area contributed by atoms with E-state index in [1.54, 1.807) is 41.9 Å². The lowest BCUT2D eigenvalue weighted by Gasteiger charge is -2.23. The average Bonchev–Trinajstić information content (AvgIpc) is 3.15. The van der Waals surface area contributed by atoms with Gasteiger partial charge in [-0.1, -0.05) is 35.3 Å². The molecule has 0 aliphatic heterocycles. The summed E-state index contributed by atoms with van der Waals surface area (Å²) in [7, 11) is -0.737. The van der Waals surface area contributed by atoms with Gasteiger partial charge in [0, 0.05) is 31.5 Å². The van der Waals surface area contributed by atoms with Crippen LogP contribution in [0.2, 0.25) is 10.0 Å². The molecule has 1 unspecified atom stereocenters. The van der Waals surface area contributed by atoms with Crippen LogP contribution in [0.3, 0.4) is 0 Å². The lowest BCUT2D eigenvalue weighted by Crippen LogP contribution is -2.36. The topological polar surface area (TPSA) is 126 Å². The number of nitrogens with one attached hydrogen (secondary N) is 1. The van der Waals surface area contributed by atoms with Gasteiger partial charge >= 0.3 is 5.97 Å². The zero-order valence-electron chi connectivity index (χ0n) is 19.8. The molecule has 0 bridgehead atoms. The van der Waals surface area contributed by atoms with Crippen molar-refractivity contribution in [3.05, 3.63) is 69.3 Å². The molecule has 0 aliphatic rings. The molecular formula is C24H25Cl2N3O6S. The van der Waals surface area contributed by atoms with Crippen LogP contribution in [0.4, 0.5) is 0 Å². The Morgan fingerprint density at radius 2 is 1.75 bits per heavy atom. The summed E-state index contributed by atoms with van der Waals surface area (Å²) in [5.41, 5.74) is 1.67. The number of carboxylic acids is 1. The molecule has 3 aromatic rings. The van der Waals surface area contributed by atoms with Crippen molar-refractivity contribution < 1.29 is 27.9 Å². The van der Waals surface area contributed by atoms with Crippen LogP contribution >= 0.6 is 23.2 Å². The maximum Gasteiger partial charge on any atom is 0.335 e. The van der Waals surface area contributed by atoms with Crippen LogP contribution < -0.4 is 5.32 Å². The van der Waals surface area contributed by atoms with Crippen LogP contribution in [0, 0.1) is 0 Å². The molecule has 1 amide bonds. The maximum absolute atomic E-state index is 13.3. The van der Waals surface area contributed by atoms with E-state index in [0.29, 0.717) is 32.2 Å². The summed E-state index contributed by atoms with van der Waals surface area (Å²) in [6, 6.07) is 10.3. The van der Waals surface area contributed by atoms with Crippen LogP contribution in [0.5, 0.6) is 0 Å². The summed E-state index contributed by atoms with van der Waals surface area (Å²) in [4.78, 5) is 35.9. The number of fused-ring (bicyclic) bond motifs is 1. The Balaban J connectivity index is 1.90. The van der Waals surface area contributed by atoms with E-state index in [1.807, 2.05) is 0 Å². The minimum absolute atomic E-state index is 0.0117. The molecule has 1 aromatic heterocycles. The van der Waals surface area contributed by atoms with Crippen molar-refractivity contribution in [1.29, 1.82) is 0 Å². The Hall–Kier alpha value is -2.92. The fraction of sp³-hybridized carbons (Fsp3) is 0.292. The smallest absolute Gasteiger partial charge is 0.335 e. The van der Waals surface area contributed by atoms with Crippen molar-refractivity contribution in [2.75, 3.05) is 19.3 Å². The Labute approximate surface area is 218 Å². The van der Waals surface area contributed by atoms with E-state index in [0.717, 1.165) is 4.31 Å². The highest BCUT2D eigenvalue weighted by molar-refractivity contribution is 7.89. The second kappa shape index (κ2) is 11.0. The van der Waals surface area contributed by atoms with Gasteiger partial charge < -0.3 is 15.0 Å². The Morgan fingerprint density at radius 1 is 1.11 bits per heavy atom. The van der Waals surface area contributed by atoms with Crippen LogP contribution in [-0.2, 0) is 21.9 Å². The number of carbonyl (C=O) groups excluding carboxylic acids is 2. The third kappa shape index (κ3) is 6.07. The zero-order valence-corrected chi connectivity index (χ0v) is 22.1. The van der Waals surface area contributed by atoms with E-state index in [-0.39, 0.29) is 18.5 Å². The number of aromatic nitrogens is 1. The Morgan fingerprint density at radius 3 is 2.33 bits per heavy atom. The predicted molar refractivity (Wildman–Crippen MR) is 138 cm³/mol. The van der Waals surface area contributed by atoms with Crippen LogP contribution in [0.1, 0.15) is 45.8 Å². The van der Waals surface area contributed by atoms with E-state index in [1.165, 1.54) is 26.1 Å². The fourth-order valence-corrected chi connectivity index (χ4v) is 5.29. The molecule has 12 heteroatoms. The van der Waals surface area contributed by atoms with Gasteiger partial charge in [0.15, 0.2) is 0 Å². The van der Waals surface area contributed by atoms with Crippen molar-refractivity contribution in [3.8, 4) is 0 Å². The molecule has 1 atom stereocenters. The standard InChI is InChI=1S/C24H25Cl2N3O6S/c1-14(30)13-36(34,35)28(2)11-10-19(15-4-6-16(7-5-15)24(32)33)27-23(31)21-12-17-20(29(21)3)9-8-18(25)22(17)26/h4-9,12,19H,10-11,13H2,1-3H3,(H,27,31)(H,32,33). The van der Waals surface area contributed by atoms with E-state index in [9.17, 15) is 27.9 Å². The van der Waals surface area contributed by atoms with Gasteiger partial charge in [-0.3, -0.25) is 9.59 Å². The summed E-state index contributed by atoms with van der Waals surface area (Å²) < 4.78 is 27.5. The molecule has 0 radical (unpaired) electrons.